The minimum absolute atomic E-state index is 0.101. The smallest absolute Gasteiger partial charge is 0.229 e. The van der Waals surface area contributed by atoms with Crippen molar-refractivity contribution in [2.75, 3.05) is 11.5 Å². The minimum Gasteiger partial charge on any atom is -0.229 e. The van der Waals surface area contributed by atoms with Gasteiger partial charge in [-0.05, 0) is 60.7 Å². The van der Waals surface area contributed by atoms with Crippen LogP contribution in [-0.2, 0) is 29.7 Å². The Morgan fingerprint density at radius 2 is 1.48 bits per heavy atom. The van der Waals surface area contributed by atoms with Crippen LogP contribution in [0.15, 0.2) is 57.2 Å². The molecule has 1 N–H and O–H groups in total. The lowest BCUT2D eigenvalue weighted by Crippen LogP contribution is -2.41. The van der Waals surface area contributed by atoms with E-state index in [1.165, 1.54) is 12.1 Å². The van der Waals surface area contributed by atoms with E-state index in [1.54, 1.807) is 13.8 Å². The van der Waals surface area contributed by atoms with Crippen LogP contribution in [0.25, 0.3) is 0 Å². The van der Waals surface area contributed by atoms with Crippen LogP contribution in [0.2, 0.25) is 0 Å². The van der Waals surface area contributed by atoms with E-state index in [-0.39, 0.29) is 45.0 Å². The Morgan fingerprint density at radius 1 is 0.935 bits per heavy atom. The average molecular weight is 490 g/mol. The Balaban J connectivity index is 2.01. The van der Waals surface area contributed by atoms with Gasteiger partial charge in [-0.3, -0.25) is 0 Å². The molecule has 1 aliphatic heterocycles. The number of hydrogen-bond acceptors (Lipinski definition) is 6. The summed E-state index contributed by atoms with van der Waals surface area (Å²) in [4.78, 5) is -0.547. The molecule has 7 nitrogen and oxygen atoms in total. The molecular formula is C20H24FNO6S3. The molecule has 0 spiro atoms. The molecule has 1 fully saturated rings. The zero-order valence-corrected chi connectivity index (χ0v) is 19.5. The predicted molar refractivity (Wildman–Crippen MR) is 114 cm³/mol. The van der Waals surface area contributed by atoms with Crippen molar-refractivity contribution in [3.05, 3.63) is 53.8 Å². The number of sulfonamides is 1. The number of halogens is 1. The Hall–Kier alpha value is -1.82. The van der Waals surface area contributed by atoms with Crippen molar-refractivity contribution < 1.29 is 29.6 Å². The van der Waals surface area contributed by atoms with Gasteiger partial charge in [-0.2, -0.15) is 0 Å². The lowest BCUT2D eigenvalue weighted by Gasteiger charge is -2.24. The average Bonchev–Trinajstić information content (AvgIpc) is 2.69. The normalized spacial score (nSPS) is 17.7. The van der Waals surface area contributed by atoms with Gasteiger partial charge in [0, 0.05) is 6.04 Å². The van der Waals surface area contributed by atoms with Crippen molar-refractivity contribution in [3.8, 4) is 0 Å². The minimum atomic E-state index is -4.11. The molecule has 0 atom stereocenters. The Kier molecular flexibility index (Phi) is 6.62. The summed E-state index contributed by atoms with van der Waals surface area (Å²) in [6.45, 7) is 3.57. The van der Waals surface area contributed by atoms with Gasteiger partial charge >= 0.3 is 0 Å². The van der Waals surface area contributed by atoms with E-state index in [0.29, 0.717) is 5.56 Å². The molecule has 11 heteroatoms. The van der Waals surface area contributed by atoms with Crippen molar-refractivity contribution >= 4 is 29.7 Å². The van der Waals surface area contributed by atoms with Crippen molar-refractivity contribution in [1.82, 2.24) is 4.72 Å². The first-order valence-corrected chi connectivity index (χ1v) is 14.5. The molecule has 3 rings (SSSR count). The summed E-state index contributed by atoms with van der Waals surface area (Å²) in [5, 5.41) is 0. The molecule has 0 saturated carbocycles. The van der Waals surface area contributed by atoms with Crippen LogP contribution in [0.5, 0.6) is 0 Å². The van der Waals surface area contributed by atoms with Gasteiger partial charge in [0.1, 0.15) is 15.7 Å². The number of benzene rings is 2. The lowest BCUT2D eigenvalue weighted by atomic mass is 10.0. The molecule has 0 amide bonds. The highest BCUT2D eigenvalue weighted by Crippen LogP contribution is 2.30. The fourth-order valence-electron chi connectivity index (χ4n) is 3.43. The summed E-state index contributed by atoms with van der Waals surface area (Å²) in [5.74, 6) is -0.996. The van der Waals surface area contributed by atoms with E-state index in [4.69, 9.17) is 0 Å². The van der Waals surface area contributed by atoms with Crippen molar-refractivity contribution in [2.45, 2.75) is 53.3 Å². The number of nitrogens with one attached hydrogen (secondary N) is 1. The maximum absolute atomic E-state index is 13.2. The Morgan fingerprint density at radius 3 is 2.03 bits per heavy atom. The van der Waals surface area contributed by atoms with Crippen LogP contribution >= 0.6 is 0 Å². The second-order valence-electron chi connectivity index (χ2n) is 7.86. The molecule has 1 aliphatic rings. The molecule has 2 aromatic rings. The predicted octanol–water partition coefficient (Wildman–Crippen LogP) is 2.64. The quantitative estimate of drug-likeness (QED) is 0.624. The highest BCUT2D eigenvalue weighted by atomic mass is 32.2. The standard InChI is InChI=1S/C20H24FNO6S3/c1-14(2)19-8-7-18(30(25,26)17-5-3-15(21)4-6-17)13-20(19)31(27,28)22-16-9-11-29(23,24)12-10-16/h3-8,13-14,16,22H,9-12H2,1-2H3. The van der Waals surface area contributed by atoms with Gasteiger partial charge in [0.25, 0.3) is 0 Å². The molecule has 0 aromatic heterocycles. The van der Waals surface area contributed by atoms with Crippen molar-refractivity contribution in [2.24, 2.45) is 0 Å². The number of rotatable bonds is 6. The number of hydrogen-bond donors (Lipinski definition) is 1. The highest BCUT2D eigenvalue weighted by molar-refractivity contribution is 7.92. The van der Waals surface area contributed by atoms with Gasteiger partial charge in [-0.1, -0.05) is 19.9 Å². The van der Waals surface area contributed by atoms with E-state index < -0.39 is 41.6 Å². The van der Waals surface area contributed by atoms with E-state index >= 15 is 0 Å². The van der Waals surface area contributed by atoms with Gasteiger partial charge in [-0.15, -0.1) is 0 Å². The molecule has 170 valence electrons. The van der Waals surface area contributed by atoms with Crippen molar-refractivity contribution in [1.29, 1.82) is 0 Å². The fourth-order valence-corrected chi connectivity index (χ4v) is 7.98. The molecule has 0 radical (unpaired) electrons. The van der Waals surface area contributed by atoms with Gasteiger partial charge in [0.15, 0.2) is 0 Å². The third kappa shape index (κ3) is 5.33. The van der Waals surface area contributed by atoms with Crippen LogP contribution in [0.3, 0.4) is 0 Å². The molecule has 0 bridgehead atoms. The summed E-state index contributed by atoms with van der Waals surface area (Å²) in [6, 6.07) is 7.63. The monoisotopic (exact) mass is 489 g/mol. The van der Waals surface area contributed by atoms with Gasteiger partial charge in [-0.25, -0.2) is 34.4 Å². The SMILES string of the molecule is CC(C)c1ccc(S(=O)(=O)c2ccc(F)cc2)cc1S(=O)(=O)NC1CCS(=O)(=O)CC1. The second-order valence-corrected chi connectivity index (χ2v) is 13.8. The third-order valence-corrected chi connectivity index (χ3v) is 10.3. The van der Waals surface area contributed by atoms with E-state index in [0.717, 1.165) is 30.3 Å². The first-order chi connectivity index (χ1) is 14.3. The van der Waals surface area contributed by atoms with E-state index in [1.807, 2.05) is 0 Å². The molecule has 2 aromatic carbocycles. The van der Waals surface area contributed by atoms with Crippen LogP contribution in [0.4, 0.5) is 4.39 Å². The molecule has 31 heavy (non-hydrogen) atoms. The van der Waals surface area contributed by atoms with Crippen LogP contribution < -0.4 is 4.72 Å². The van der Waals surface area contributed by atoms with Gasteiger partial charge < -0.3 is 0 Å². The first-order valence-electron chi connectivity index (χ1n) is 9.69. The maximum Gasteiger partial charge on any atom is 0.241 e. The summed E-state index contributed by atoms with van der Waals surface area (Å²) in [6.07, 6.45) is 0.318. The Labute approximate surface area is 182 Å². The largest absolute Gasteiger partial charge is 0.241 e. The van der Waals surface area contributed by atoms with Crippen molar-refractivity contribution in [3.63, 3.8) is 0 Å². The molecule has 0 unspecified atom stereocenters. The molecule has 1 heterocycles. The molecule has 0 aliphatic carbocycles. The fraction of sp³-hybridized carbons (Fsp3) is 0.400. The lowest BCUT2D eigenvalue weighted by molar-refractivity contribution is 0.504. The summed E-state index contributed by atoms with van der Waals surface area (Å²) >= 11 is 0. The highest BCUT2D eigenvalue weighted by Gasteiger charge is 2.30. The van der Waals surface area contributed by atoms with E-state index in [9.17, 15) is 29.6 Å². The first kappa shape index (κ1) is 23.8. The van der Waals surface area contributed by atoms with Crippen LogP contribution in [0, 0.1) is 5.82 Å². The molecular weight excluding hydrogens is 465 g/mol. The molecule has 1 saturated heterocycles. The van der Waals surface area contributed by atoms with E-state index in [2.05, 4.69) is 4.72 Å². The van der Waals surface area contributed by atoms with Gasteiger partial charge in [0.05, 0.1) is 26.2 Å². The van der Waals surface area contributed by atoms with Gasteiger partial charge in [0.2, 0.25) is 19.9 Å². The van der Waals surface area contributed by atoms with Crippen LogP contribution in [0.1, 0.15) is 38.2 Å². The summed E-state index contributed by atoms with van der Waals surface area (Å²) in [5.41, 5.74) is 0.439. The summed E-state index contributed by atoms with van der Waals surface area (Å²) < 4.78 is 91.2. The topological polar surface area (TPSA) is 114 Å². The maximum atomic E-state index is 13.2. The third-order valence-electron chi connectivity index (χ3n) is 5.21. The second kappa shape index (κ2) is 8.61. The number of sulfone groups is 2. The van der Waals surface area contributed by atoms with Crippen LogP contribution in [-0.4, -0.2) is 42.8 Å². The zero-order valence-electron chi connectivity index (χ0n) is 17.1. The zero-order chi connectivity index (χ0) is 23.0. The Bertz CT molecular complexity index is 1270. The summed E-state index contributed by atoms with van der Waals surface area (Å²) in [7, 11) is -11.3.